The van der Waals surface area contributed by atoms with Gasteiger partial charge in [-0.05, 0) is 25.1 Å². The zero-order valence-corrected chi connectivity index (χ0v) is 30.0. The molecule has 3 fully saturated rings. The van der Waals surface area contributed by atoms with E-state index in [1.165, 1.54) is 13.0 Å². The highest BCUT2D eigenvalue weighted by Crippen LogP contribution is 2.45. The van der Waals surface area contributed by atoms with Crippen LogP contribution in [0.1, 0.15) is 17.5 Å². The molecule has 0 radical (unpaired) electrons. The number of phenolic OH excluding ortho intramolecular Hbond substituents is 2. The highest BCUT2D eigenvalue weighted by Gasteiger charge is 2.52. The van der Waals surface area contributed by atoms with Crippen molar-refractivity contribution in [3.05, 3.63) is 47.6 Å². The number of benzene rings is 2. The van der Waals surface area contributed by atoms with Gasteiger partial charge in [-0.25, -0.2) is 4.79 Å². The third-order valence-electron chi connectivity index (χ3n) is 10.2. The van der Waals surface area contributed by atoms with Gasteiger partial charge in [-0.15, -0.1) is 0 Å². The minimum absolute atomic E-state index is 0.0221. The largest absolute Gasteiger partial charge is 0.504 e. The molecule has 0 spiro atoms. The van der Waals surface area contributed by atoms with Crippen molar-refractivity contribution >= 4 is 27.9 Å². The molecule has 0 unspecified atom stereocenters. The first-order chi connectivity index (χ1) is 27.5. The Kier molecular flexibility index (Phi) is 11.7. The molecule has 3 aliphatic rings. The van der Waals surface area contributed by atoms with E-state index in [-0.39, 0.29) is 33.3 Å². The molecule has 4 aromatic rings. The van der Waals surface area contributed by atoms with Gasteiger partial charge in [0, 0.05) is 17.0 Å². The number of carboxylic acids is 1. The Morgan fingerprint density at radius 2 is 1.36 bits per heavy atom. The lowest BCUT2D eigenvalue weighted by atomic mass is 9.97. The van der Waals surface area contributed by atoms with Gasteiger partial charge in [0.25, 0.3) is 0 Å². The van der Waals surface area contributed by atoms with Crippen molar-refractivity contribution in [3.63, 3.8) is 0 Å². The van der Waals surface area contributed by atoms with Crippen LogP contribution in [0.2, 0.25) is 0 Å². The summed E-state index contributed by atoms with van der Waals surface area (Å²) in [6.07, 6.45) is -26.4. The summed E-state index contributed by atoms with van der Waals surface area (Å²) in [5.41, 5.74) is -0.754. The van der Waals surface area contributed by atoms with Gasteiger partial charge in [-0.1, -0.05) is 0 Å². The summed E-state index contributed by atoms with van der Waals surface area (Å²) >= 11 is 0. The number of ether oxygens (including phenoxy) is 6. The Morgan fingerprint density at radius 1 is 0.724 bits per heavy atom. The van der Waals surface area contributed by atoms with Gasteiger partial charge < -0.3 is 98.5 Å². The number of aromatic carboxylic acids is 1. The molecule has 316 valence electrons. The van der Waals surface area contributed by atoms with Crippen molar-refractivity contribution in [1.82, 2.24) is 0 Å². The first-order valence-corrected chi connectivity index (χ1v) is 17.8. The second-order valence-corrected chi connectivity index (χ2v) is 14.1. The third kappa shape index (κ3) is 7.60. The number of carboxylic acid groups (broad SMARTS) is 1. The highest BCUT2D eigenvalue weighted by molar-refractivity contribution is 6.11. The average molecular weight is 826 g/mol. The minimum Gasteiger partial charge on any atom is -0.504 e. The molecule has 13 N–H and O–H groups in total. The van der Waals surface area contributed by atoms with Crippen LogP contribution in [0.4, 0.5) is 0 Å². The van der Waals surface area contributed by atoms with Crippen LogP contribution < -0.4 is 10.2 Å². The van der Waals surface area contributed by atoms with E-state index in [2.05, 4.69) is 0 Å². The first kappa shape index (κ1) is 41.7. The van der Waals surface area contributed by atoms with Gasteiger partial charge in [0.2, 0.25) is 12.1 Å². The van der Waals surface area contributed by atoms with E-state index < -0.39 is 140 Å². The number of aliphatic hydroxyl groups is 9. The molecule has 58 heavy (non-hydrogen) atoms. The van der Waals surface area contributed by atoms with Crippen molar-refractivity contribution in [1.29, 1.82) is 0 Å². The van der Waals surface area contributed by atoms with Gasteiger partial charge in [-0.2, -0.15) is 0 Å². The second kappa shape index (κ2) is 16.3. The summed E-state index contributed by atoms with van der Waals surface area (Å²) in [4.78, 5) is 22.7. The standard InChI is InChI=1S/C36H40O22/c1-10-22(41)25(44)28(47)34(52-10)51-9-20-24(43)27(46)32(58-35-29(48)26(45)23(42)19(8-37)55-35)36(56-20)57-31-13-7-18(33(49)50)53-16-5-12(38)6-17(21(13)16)54-30(31)11-2-3-14(39)15(40)4-11/h2-7,10,19-20,22-29,32,34-37,39-48H,8-9H2,1H3,(H,49,50)/p+1/t10-,19+,20+,22-,23+,24+,25+,26-,27-,28+,29+,32+,34+,35-,36-/m0/s1. The van der Waals surface area contributed by atoms with E-state index in [9.17, 15) is 70.9 Å². The van der Waals surface area contributed by atoms with Crippen LogP contribution in [0, 0.1) is 0 Å². The fourth-order valence-electron chi connectivity index (χ4n) is 6.96. The Balaban J connectivity index is 1.34. The van der Waals surface area contributed by atoms with Crippen molar-refractivity contribution in [2.75, 3.05) is 13.2 Å². The average Bonchev–Trinajstić information content (AvgIpc) is 3.19. The van der Waals surface area contributed by atoms with E-state index >= 15 is 0 Å². The molecule has 22 nitrogen and oxygen atoms in total. The van der Waals surface area contributed by atoms with Crippen molar-refractivity contribution in [2.24, 2.45) is 0 Å². The topological polar surface area (TPSA) is 363 Å². The van der Waals surface area contributed by atoms with E-state index in [1.807, 2.05) is 0 Å². The lowest BCUT2D eigenvalue weighted by Crippen LogP contribution is -2.65. The van der Waals surface area contributed by atoms with Crippen LogP contribution in [0.3, 0.4) is 0 Å². The molecule has 0 amide bonds. The second-order valence-electron chi connectivity index (χ2n) is 14.1. The number of phenols is 2. The van der Waals surface area contributed by atoms with Gasteiger partial charge in [-0.3, -0.25) is 4.79 Å². The number of hydrogen-bond donors (Lipinski definition) is 12. The minimum atomic E-state index is -2.08. The smallest absolute Gasteiger partial charge is 0.371 e. The van der Waals surface area contributed by atoms with E-state index in [4.69, 9.17) is 37.3 Å². The summed E-state index contributed by atoms with van der Waals surface area (Å²) in [6, 6.07) is 6.67. The Morgan fingerprint density at radius 3 is 2.03 bits per heavy atom. The maximum absolute atomic E-state index is 12.3. The molecule has 3 aliphatic heterocycles. The zero-order valence-electron chi connectivity index (χ0n) is 30.0. The molecule has 2 aromatic heterocycles. The predicted molar refractivity (Wildman–Crippen MR) is 185 cm³/mol. The summed E-state index contributed by atoms with van der Waals surface area (Å²) in [5.74, 6) is -4.16. The monoisotopic (exact) mass is 825 g/mol. The Hall–Kier alpha value is -4.50. The van der Waals surface area contributed by atoms with Crippen LogP contribution in [0.25, 0.3) is 33.3 Å². The zero-order chi connectivity index (χ0) is 41.9. The Labute approximate surface area is 324 Å². The molecule has 3 saturated heterocycles. The number of aromatic hydroxyl groups is 2. The maximum Gasteiger partial charge on any atom is 0.371 e. The quantitative estimate of drug-likeness (QED) is 0.0554. The highest BCUT2D eigenvalue weighted by atomic mass is 16.8. The fourth-order valence-corrected chi connectivity index (χ4v) is 6.96. The lowest BCUT2D eigenvalue weighted by molar-refractivity contribution is -0.362. The maximum atomic E-state index is 12.3. The van der Waals surface area contributed by atoms with Crippen LogP contribution in [-0.4, -0.2) is 177 Å². The molecule has 5 heterocycles. The fraction of sp³-hybridized carbons (Fsp3) is 0.500. The van der Waals surface area contributed by atoms with Gasteiger partial charge in [0.15, 0.2) is 41.7 Å². The molecule has 0 saturated carbocycles. The van der Waals surface area contributed by atoms with Gasteiger partial charge in [0.1, 0.15) is 72.2 Å². The number of carbonyl (C=O) groups is 1. The SMILES string of the molecule is C[C@@H]1O[C@@H](OC[C@H]2O[C@@H](Oc3c(-c4ccc(O)c(O)c4)oc4cc(=[OH+])cc5oc(C(=O)O)cc3c54)[C@H](O[C@@H]3O[C@H](CO)[C@@H](O)[C@H](O)[C@H]3O)[C@@H](O)[C@@H]2O)[C@H](O)[C@H](O)[C@H]1O. The normalized spacial score (nSPS) is 35.7. The number of aliphatic hydroxyl groups excluding tert-OH is 9. The van der Waals surface area contributed by atoms with E-state index in [0.29, 0.717) is 0 Å². The van der Waals surface area contributed by atoms with Crippen LogP contribution in [0.5, 0.6) is 17.2 Å². The van der Waals surface area contributed by atoms with Gasteiger partial charge in [0.05, 0.1) is 36.8 Å². The Bertz CT molecular complexity index is 2180. The van der Waals surface area contributed by atoms with Crippen LogP contribution in [-0.2, 0) is 23.7 Å². The van der Waals surface area contributed by atoms with Crippen molar-refractivity contribution in [2.45, 2.75) is 99.0 Å². The molecular weight excluding hydrogens is 784 g/mol. The first-order valence-electron chi connectivity index (χ1n) is 17.8. The molecule has 15 atom stereocenters. The predicted octanol–water partition coefficient (Wildman–Crippen LogP) is -3.19. The lowest BCUT2D eigenvalue weighted by Gasteiger charge is -2.46. The summed E-state index contributed by atoms with van der Waals surface area (Å²) in [5, 5.41) is 126. The number of hydrogen-bond acceptors (Lipinski definition) is 20. The van der Waals surface area contributed by atoms with Crippen LogP contribution in [0.15, 0.2) is 45.2 Å². The molecule has 2 aromatic carbocycles. The summed E-state index contributed by atoms with van der Waals surface area (Å²) < 4.78 is 46.5. The molecular formula is C36H41O22+. The third-order valence-corrected chi connectivity index (χ3v) is 10.2. The van der Waals surface area contributed by atoms with Crippen molar-refractivity contribution in [3.8, 4) is 28.6 Å². The summed E-state index contributed by atoms with van der Waals surface area (Å²) in [6.45, 7) is -0.180. The summed E-state index contributed by atoms with van der Waals surface area (Å²) in [7, 11) is 0. The molecule has 7 rings (SSSR count). The van der Waals surface area contributed by atoms with E-state index in [0.717, 1.165) is 30.3 Å². The van der Waals surface area contributed by atoms with Crippen molar-refractivity contribution < 1.29 is 108 Å². The molecule has 0 aliphatic carbocycles. The molecule has 0 bridgehead atoms. The van der Waals surface area contributed by atoms with E-state index in [1.54, 1.807) is 0 Å². The molecule has 22 heteroatoms. The van der Waals surface area contributed by atoms with Crippen LogP contribution >= 0.6 is 0 Å². The number of rotatable bonds is 10. The van der Waals surface area contributed by atoms with Gasteiger partial charge >= 0.3 is 11.4 Å².